The predicted molar refractivity (Wildman–Crippen MR) is 85.9 cm³/mol. The summed E-state index contributed by atoms with van der Waals surface area (Å²) in [6.07, 6.45) is 1.45. The first kappa shape index (κ1) is 15.2. The van der Waals surface area contributed by atoms with Gasteiger partial charge in [0.25, 0.3) is 10.0 Å². The Hall–Kier alpha value is -1.73. The van der Waals surface area contributed by atoms with E-state index >= 15 is 0 Å². The van der Waals surface area contributed by atoms with Gasteiger partial charge in [-0.1, -0.05) is 17.7 Å². The van der Waals surface area contributed by atoms with Gasteiger partial charge in [-0.05, 0) is 48.0 Å². The molecule has 0 aliphatic heterocycles. The second-order valence-corrected chi connectivity index (χ2v) is 7.73. The molecule has 2 heterocycles. The average molecular weight is 383 g/mol. The molecule has 0 amide bonds. The predicted octanol–water partition coefficient (Wildman–Crippen LogP) is 3.79. The highest BCUT2D eigenvalue weighted by molar-refractivity contribution is 9.10. The zero-order valence-corrected chi connectivity index (χ0v) is 14.2. The fraction of sp³-hybridized carbons (Fsp3) is 0.133. The monoisotopic (exact) mass is 382 g/mol. The minimum Gasteiger partial charge on any atom is -0.236 e. The molecule has 0 N–H and O–H groups in total. The van der Waals surface area contributed by atoms with Crippen molar-refractivity contribution in [2.45, 2.75) is 18.7 Å². The van der Waals surface area contributed by atoms with Gasteiger partial charge in [0.05, 0.1) is 4.90 Å². The minimum atomic E-state index is -4.04. The molecule has 0 radical (unpaired) electrons. The van der Waals surface area contributed by atoms with Crippen LogP contribution in [-0.2, 0) is 10.0 Å². The molecule has 0 aliphatic rings. The number of benzene rings is 1. The smallest absolute Gasteiger partial charge is 0.236 e. The molecule has 0 saturated carbocycles. The lowest BCUT2D eigenvalue weighted by Gasteiger charge is -2.08. The zero-order chi connectivity index (χ0) is 16.1. The van der Waals surface area contributed by atoms with Gasteiger partial charge < -0.3 is 0 Å². The van der Waals surface area contributed by atoms with E-state index in [1.807, 2.05) is 6.92 Å². The summed E-state index contributed by atoms with van der Waals surface area (Å²) in [5.41, 5.74) is 1.26. The van der Waals surface area contributed by atoms with Crippen molar-refractivity contribution in [2.75, 3.05) is 0 Å². The summed E-state index contributed by atoms with van der Waals surface area (Å²) in [6.45, 7) is 3.39. The molecule has 3 aromatic rings. The van der Waals surface area contributed by atoms with Gasteiger partial charge >= 0.3 is 0 Å². The second kappa shape index (κ2) is 5.17. The SMILES string of the molecule is Cc1ccc(S(=O)(=O)n2c(F)c(C)c3cc(Br)cnc32)cc1. The number of aromatic nitrogens is 2. The number of halogens is 2. The molecule has 0 aliphatic carbocycles. The lowest BCUT2D eigenvalue weighted by atomic mass is 10.2. The number of nitrogens with zero attached hydrogens (tertiary/aromatic N) is 2. The van der Waals surface area contributed by atoms with Crippen molar-refractivity contribution < 1.29 is 12.8 Å². The van der Waals surface area contributed by atoms with E-state index in [-0.39, 0.29) is 16.1 Å². The molecule has 1 aromatic carbocycles. The summed E-state index contributed by atoms with van der Waals surface area (Å²) < 4.78 is 41.4. The first-order chi connectivity index (χ1) is 10.3. The summed E-state index contributed by atoms with van der Waals surface area (Å²) in [5, 5.41) is 0.461. The number of hydrogen-bond donors (Lipinski definition) is 0. The van der Waals surface area contributed by atoms with E-state index in [0.717, 1.165) is 5.56 Å². The van der Waals surface area contributed by atoms with Gasteiger partial charge in [-0.15, -0.1) is 0 Å². The van der Waals surface area contributed by atoms with Crippen LogP contribution < -0.4 is 0 Å². The molecule has 0 saturated heterocycles. The largest absolute Gasteiger partial charge is 0.271 e. The molecule has 0 atom stereocenters. The maximum absolute atomic E-state index is 14.5. The average Bonchev–Trinajstić information content (AvgIpc) is 2.72. The van der Waals surface area contributed by atoms with Crippen LogP contribution in [0.1, 0.15) is 11.1 Å². The van der Waals surface area contributed by atoms with Crippen LogP contribution in [0, 0.1) is 19.8 Å². The summed E-state index contributed by atoms with van der Waals surface area (Å²) in [4.78, 5) is 4.10. The minimum absolute atomic E-state index is 0.0265. The lowest BCUT2D eigenvalue weighted by molar-refractivity contribution is 0.540. The van der Waals surface area contributed by atoms with Crippen LogP contribution in [0.25, 0.3) is 11.0 Å². The molecule has 114 valence electrons. The van der Waals surface area contributed by atoms with Crippen LogP contribution in [0.4, 0.5) is 4.39 Å². The number of pyridine rings is 1. The fourth-order valence-electron chi connectivity index (χ4n) is 2.26. The standard InChI is InChI=1S/C15H12BrFN2O2S/c1-9-3-5-12(6-4-9)22(20,21)19-14(17)10(2)13-7-11(16)8-18-15(13)19/h3-8H,1-2H3. The van der Waals surface area contributed by atoms with E-state index in [1.54, 1.807) is 18.2 Å². The summed E-state index contributed by atoms with van der Waals surface area (Å²) in [7, 11) is -4.04. The summed E-state index contributed by atoms with van der Waals surface area (Å²) in [6, 6.07) is 7.93. The molecular weight excluding hydrogens is 371 g/mol. The molecule has 0 unspecified atom stereocenters. The van der Waals surface area contributed by atoms with E-state index < -0.39 is 16.0 Å². The summed E-state index contributed by atoms with van der Waals surface area (Å²) >= 11 is 3.26. The quantitative estimate of drug-likeness (QED) is 0.677. The molecule has 0 fully saturated rings. The molecule has 4 nitrogen and oxygen atoms in total. The van der Waals surface area contributed by atoms with Gasteiger partial charge in [0, 0.05) is 21.6 Å². The van der Waals surface area contributed by atoms with E-state index in [2.05, 4.69) is 20.9 Å². The van der Waals surface area contributed by atoms with Crippen LogP contribution in [0.3, 0.4) is 0 Å². The molecule has 22 heavy (non-hydrogen) atoms. The molecular formula is C15H12BrFN2O2S. The van der Waals surface area contributed by atoms with Gasteiger partial charge in [0.1, 0.15) is 0 Å². The van der Waals surface area contributed by atoms with Gasteiger partial charge in [0.2, 0.25) is 5.95 Å². The number of rotatable bonds is 2. The van der Waals surface area contributed by atoms with Crippen molar-refractivity contribution in [3.8, 4) is 0 Å². The Morgan fingerprint density at radius 1 is 1.18 bits per heavy atom. The van der Waals surface area contributed by atoms with Gasteiger partial charge in [0.15, 0.2) is 5.65 Å². The van der Waals surface area contributed by atoms with Crippen LogP contribution in [0.15, 0.2) is 45.9 Å². The maximum atomic E-state index is 14.5. The Kier molecular flexibility index (Phi) is 3.57. The van der Waals surface area contributed by atoms with Crippen LogP contribution in [0.2, 0.25) is 0 Å². The van der Waals surface area contributed by atoms with Crippen molar-refractivity contribution in [1.82, 2.24) is 8.96 Å². The Labute approximate surface area is 135 Å². The van der Waals surface area contributed by atoms with E-state index in [0.29, 0.717) is 13.8 Å². The maximum Gasteiger partial charge on any atom is 0.271 e. The molecule has 0 bridgehead atoms. The van der Waals surface area contributed by atoms with Crippen molar-refractivity contribution >= 4 is 37.0 Å². The first-order valence-corrected chi connectivity index (χ1v) is 8.70. The number of aryl methyl sites for hydroxylation is 2. The molecule has 2 aromatic heterocycles. The number of fused-ring (bicyclic) bond motifs is 1. The third kappa shape index (κ3) is 2.24. The van der Waals surface area contributed by atoms with Crippen LogP contribution >= 0.6 is 15.9 Å². The third-order valence-electron chi connectivity index (χ3n) is 3.48. The van der Waals surface area contributed by atoms with Gasteiger partial charge in [-0.25, -0.2) is 13.4 Å². The van der Waals surface area contributed by atoms with Crippen LogP contribution in [0.5, 0.6) is 0 Å². The topological polar surface area (TPSA) is 52.0 Å². The highest BCUT2D eigenvalue weighted by atomic mass is 79.9. The molecule has 0 spiro atoms. The lowest BCUT2D eigenvalue weighted by Crippen LogP contribution is -2.15. The Bertz CT molecular complexity index is 979. The highest BCUT2D eigenvalue weighted by Gasteiger charge is 2.26. The molecule has 3 rings (SSSR count). The number of hydrogen-bond acceptors (Lipinski definition) is 3. The van der Waals surface area contributed by atoms with Gasteiger partial charge in [-0.3, -0.25) is 0 Å². The first-order valence-electron chi connectivity index (χ1n) is 6.46. The van der Waals surface area contributed by atoms with Crippen LogP contribution in [-0.4, -0.2) is 17.4 Å². The molecule has 7 heteroatoms. The summed E-state index contributed by atoms with van der Waals surface area (Å²) in [5.74, 6) is -0.818. The second-order valence-electron chi connectivity index (χ2n) is 5.02. The normalized spacial score (nSPS) is 12.0. The van der Waals surface area contributed by atoms with E-state index in [1.165, 1.54) is 25.3 Å². The Morgan fingerprint density at radius 2 is 1.82 bits per heavy atom. The van der Waals surface area contributed by atoms with Crippen molar-refractivity contribution in [1.29, 1.82) is 0 Å². The van der Waals surface area contributed by atoms with Crippen molar-refractivity contribution in [3.05, 3.63) is 58.1 Å². The zero-order valence-electron chi connectivity index (χ0n) is 11.8. The van der Waals surface area contributed by atoms with Gasteiger partial charge in [-0.2, -0.15) is 8.36 Å². The Balaban J connectivity index is 2.34. The third-order valence-corrected chi connectivity index (χ3v) is 5.59. The van der Waals surface area contributed by atoms with E-state index in [9.17, 15) is 12.8 Å². The van der Waals surface area contributed by atoms with Crippen molar-refractivity contribution in [2.24, 2.45) is 0 Å². The fourth-order valence-corrected chi connectivity index (χ4v) is 4.00. The highest BCUT2D eigenvalue weighted by Crippen LogP contribution is 2.29. The van der Waals surface area contributed by atoms with Crippen molar-refractivity contribution in [3.63, 3.8) is 0 Å². The Morgan fingerprint density at radius 3 is 2.45 bits per heavy atom. The van der Waals surface area contributed by atoms with E-state index in [4.69, 9.17) is 0 Å².